The number of unbranched alkanes of at least 4 members (excludes halogenated alkanes) is 1. The highest BCUT2D eigenvalue weighted by atomic mass is 35.5. The molecule has 0 spiro atoms. The van der Waals surface area contributed by atoms with Crippen molar-refractivity contribution in [3.05, 3.63) is 63.6 Å². The standard InChI is InChI=1S/C19H20Cl2N2O2/c1-3-4-10-23(2)19(25)14-7-5-6-13(11-14)18(24)22-17-12-15(20)8-9-16(17)21/h5-9,11-12H,3-4,10H2,1-2H3,(H,22,24). The number of carbonyl (C=O) groups excluding carboxylic acids is 2. The first-order chi connectivity index (χ1) is 11.9. The number of rotatable bonds is 6. The van der Waals surface area contributed by atoms with Crippen LogP contribution in [0.15, 0.2) is 42.5 Å². The largest absolute Gasteiger partial charge is 0.342 e. The molecule has 0 saturated heterocycles. The van der Waals surface area contributed by atoms with E-state index in [0.717, 1.165) is 12.8 Å². The Labute approximate surface area is 157 Å². The molecule has 2 rings (SSSR count). The molecule has 0 aliphatic carbocycles. The van der Waals surface area contributed by atoms with Gasteiger partial charge in [0.05, 0.1) is 10.7 Å². The summed E-state index contributed by atoms with van der Waals surface area (Å²) < 4.78 is 0. The van der Waals surface area contributed by atoms with Crippen molar-refractivity contribution in [1.29, 1.82) is 0 Å². The van der Waals surface area contributed by atoms with Gasteiger partial charge in [-0.2, -0.15) is 0 Å². The van der Waals surface area contributed by atoms with Crippen LogP contribution in [-0.2, 0) is 0 Å². The highest BCUT2D eigenvalue weighted by Crippen LogP contribution is 2.26. The van der Waals surface area contributed by atoms with Gasteiger partial charge in [-0.15, -0.1) is 0 Å². The number of benzene rings is 2. The molecule has 2 amide bonds. The number of nitrogens with one attached hydrogen (secondary N) is 1. The highest BCUT2D eigenvalue weighted by molar-refractivity contribution is 6.35. The van der Waals surface area contributed by atoms with Gasteiger partial charge >= 0.3 is 0 Å². The Balaban J connectivity index is 2.16. The number of hydrogen-bond donors (Lipinski definition) is 1. The molecular formula is C19H20Cl2N2O2. The highest BCUT2D eigenvalue weighted by Gasteiger charge is 2.14. The van der Waals surface area contributed by atoms with Gasteiger partial charge in [0.2, 0.25) is 0 Å². The van der Waals surface area contributed by atoms with Crippen molar-refractivity contribution in [3.8, 4) is 0 Å². The van der Waals surface area contributed by atoms with E-state index in [1.807, 2.05) is 0 Å². The number of nitrogens with zero attached hydrogens (tertiary/aromatic N) is 1. The summed E-state index contributed by atoms with van der Waals surface area (Å²) in [6.07, 6.45) is 1.95. The minimum absolute atomic E-state index is 0.108. The predicted molar refractivity (Wildman–Crippen MR) is 103 cm³/mol. The van der Waals surface area contributed by atoms with Gasteiger partial charge in [0.25, 0.3) is 11.8 Å². The number of anilines is 1. The maximum Gasteiger partial charge on any atom is 0.255 e. The Bertz CT molecular complexity index is 778. The Kier molecular flexibility index (Phi) is 6.85. The molecule has 4 nitrogen and oxygen atoms in total. The summed E-state index contributed by atoms with van der Waals surface area (Å²) in [5.41, 5.74) is 1.28. The van der Waals surface area contributed by atoms with E-state index in [-0.39, 0.29) is 11.8 Å². The molecule has 0 saturated carbocycles. The van der Waals surface area contributed by atoms with Crippen LogP contribution in [-0.4, -0.2) is 30.3 Å². The summed E-state index contributed by atoms with van der Waals surface area (Å²) in [5.74, 6) is -0.459. The maximum atomic E-state index is 12.5. The molecule has 2 aromatic rings. The molecule has 0 aromatic heterocycles. The summed E-state index contributed by atoms with van der Waals surface area (Å²) in [5, 5.41) is 3.58. The Morgan fingerprint density at radius 2 is 1.80 bits per heavy atom. The van der Waals surface area contributed by atoms with Crippen molar-refractivity contribution in [2.24, 2.45) is 0 Å². The summed E-state index contributed by atoms with van der Waals surface area (Å²) in [7, 11) is 1.76. The molecular weight excluding hydrogens is 359 g/mol. The quantitative estimate of drug-likeness (QED) is 0.758. The first-order valence-corrected chi connectivity index (χ1v) is 8.80. The normalized spacial score (nSPS) is 10.4. The van der Waals surface area contributed by atoms with Crippen LogP contribution in [0.1, 0.15) is 40.5 Å². The van der Waals surface area contributed by atoms with Crippen molar-refractivity contribution in [1.82, 2.24) is 4.90 Å². The second-order valence-corrected chi connectivity index (χ2v) is 6.58. The molecule has 0 atom stereocenters. The lowest BCUT2D eigenvalue weighted by Crippen LogP contribution is -2.28. The molecule has 6 heteroatoms. The molecule has 0 bridgehead atoms. The molecule has 25 heavy (non-hydrogen) atoms. The fourth-order valence-corrected chi connectivity index (χ4v) is 2.64. The van der Waals surface area contributed by atoms with Crippen molar-refractivity contribution in [3.63, 3.8) is 0 Å². The van der Waals surface area contributed by atoms with E-state index in [1.54, 1.807) is 54.4 Å². The van der Waals surface area contributed by atoms with E-state index in [0.29, 0.717) is 33.4 Å². The summed E-state index contributed by atoms with van der Waals surface area (Å²) >= 11 is 12.0. The SMILES string of the molecule is CCCCN(C)C(=O)c1cccc(C(=O)Nc2cc(Cl)ccc2Cl)c1. The summed E-state index contributed by atoms with van der Waals surface area (Å²) in [6, 6.07) is 11.5. The second-order valence-electron chi connectivity index (χ2n) is 5.74. The molecule has 2 aromatic carbocycles. The van der Waals surface area contributed by atoms with E-state index in [9.17, 15) is 9.59 Å². The molecule has 0 radical (unpaired) electrons. The molecule has 132 valence electrons. The lowest BCUT2D eigenvalue weighted by Gasteiger charge is -2.17. The van der Waals surface area contributed by atoms with Gasteiger partial charge in [0, 0.05) is 29.7 Å². The van der Waals surface area contributed by atoms with Crippen LogP contribution < -0.4 is 5.32 Å². The van der Waals surface area contributed by atoms with Crippen LogP contribution in [0.3, 0.4) is 0 Å². The number of hydrogen-bond acceptors (Lipinski definition) is 2. The van der Waals surface area contributed by atoms with Crippen LogP contribution in [0, 0.1) is 0 Å². The van der Waals surface area contributed by atoms with Crippen LogP contribution >= 0.6 is 23.2 Å². The monoisotopic (exact) mass is 378 g/mol. The molecule has 1 N–H and O–H groups in total. The number of halogens is 2. The average molecular weight is 379 g/mol. The first kappa shape index (κ1) is 19.3. The average Bonchev–Trinajstić information content (AvgIpc) is 2.62. The van der Waals surface area contributed by atoms with Crippen LogP contribution in [0.4, 0.5) is 5.69 Å². The van der Waals surface area contributed by atoms with Gasteiger partial charge in [-0.25, -0.2) is 0 Å². The van der Waals surface area contributed by atoms with E-state index in [1.165, 1.54) is 0 Å². The van der Waals surface area contributed by atoms with Gasteiger partial charge in [0.15, 0.2) is 0 Å². The van der Waals surface area contributed by atoms with E-state index in [4.69, 9.17) is 23.2 Å². The minimum Gasteiger partial charge on any atom is -0.342 e. The van der Waals surface area contributed by atoms with Gasteiger partial charge < -0.3 is 10.2 Å². The zero-order valence-corrected chi connectivity index (χ0v) is 15.7. The third-order valence-electron chi connectivity index (χ3n) is 3.74. The van der Waals surface area contributed by atoms with Crippen LogP contribution in [0.2, 0.25) is 10.0 Å². The Hall–Kier alpha value is -2.04. The third-order valence-corrected chi connectivity index (χ3v) is 4.31. The van der Waals surface area contributed by atoms with Crippen LogP contribution in [0.5, 0.6) is 0 Å². The molecule has 0 aliphatic heterocycles. The topological polar surface area (TPSA) is 49.4 Å². The molecule has 0 aliphatic rings. The zero-order valence-electron chi connectivity index (χ0n) is 14.2. The minimum atomic E-state index is -0.352. The van der Waals surface area contributed by atoms with Gasteiger partial charge in [-0.3, -0.25) is 9.59 Å². The summed E-state index contributed by atoms with van der Waals surface area (Å²) in [4.78, 5) is 26.6. The Morgan fingerprint density at radius 1 is 1.08 bits per heavy atom. The Morgan fingerprint density at radius 3 is 2.52 bits per heavy atom. The van der Waals surface area contributed by atoms with Crippen LogP contribution in [0.25, 0.3) is 0 Å². The zero-order chi connectivity index (χ0) is 18.4. The van der Waals surface area contributed by atoms with Crippen molar-refractivity contribution < 1.29 is 9.59 Å². The fourth-order valence-electron chi connectivity index (χ4n) is 2.30. The molecule has 0 heterocycles. The lowest BCUT2D eigenvalue weighted by atomic mass is 10.1. The maximum absolute atomic E-state index is 12.5. The second kappa shape index (κ2) is 8.88. The van der Waals surface area contributed by atoms with Gasteiger partial charge in [0.1, 0.15) is 0 Å². The van der Waals surface area contributed by atoms with Crippen molar-refractivity contribution >= 4 is 40.7 Å². The van der Waals surface area contributed by atoms with E-state index in [2.05, 4.69) is 12.2 Å². The fraction of sp³-hybridized carbons (Fsp3) is 0.263. The van der Waals surface area contributed by atoms with E-state index < -0.39 is 0 Å². The van der Waals surface area contributed by atoms with E-state index >= 15 is 0 Å². The van der Waals surface area contributed by atoms with Crippen molar-refractivity contribution in [2.45, 2.75) is 19.8 Å². The predicted octanol–water partition coefficient (Wildman–Crippen LogP) is 5.12. The third kappa shape index (κ3) is 5.21. The lowest BCUT2D eigenvalue weighted by molar-refractivity contribution is 0.0793. The number of carbonyl (C=O) groups is 2. The molecule has 0 unspecified atom stereocenters. The molecule has 0 fully saturated rings. The number of amides is 2. The van der Waals surface area contributed by atoms with Gasteiger partial charge in [-0.05, 0) is 42.8 Å². The summed E-state index contributed by atoms with van der Waals surface area (Å²) in [6.45, 7) is 2.76. The van der Waals surface area contributed by atoms with Crippen molar-refractivity contribution in [2.75, 3.05) is 18.9 Å². The first-order valence-electron chi connectivity index (χ1n) is 8.04. The smallest absolute Gasteiger partial charge is 0.255 e. The van der Waals surface area contributed by atoms with Gasteiger partial charge in [-0.1, -0.05) is 42.6 Å².